The van der Waals surface area contributed by atoms with E-state index in [-0.39, 0.29) is 50.7 Å². The van der Waals surface area contributed by atoms with Crippen LogP contribution in [0.4, 0.5) is 0 Å². The zero-order chi connectivity index (χ0) is 13.8. The molecule has 1 N–H and O–H groups in total. The van der Waals surface area contributed by atoms with Gasteiger partial charge in [0.1, 0.15) is 0 Å². The van der Waals surface area contributed by atoms with Crippen molar-refractivity contribution in [1.82, 2.24) is 0 Å². The molecule has 0 unspecified atom stereocenters. The third-order valence-electron chi connectivity index (χ3n) is 1.98. The van der Waals surface area contributed by atoms with Crippen LogP contribution in [-0.2, 0) is 25.8 Å². The van der Waals surface area contributed by atoms with Gasteiger partial charge in [0.15, 0.2) is 0 Å². The SMILES string of the molecule is C[Si]C.Cc1ccccc1C([NH-])=O.[C-]1=CC=CC1.[Cl-].[Cl-].[Hf+4]. The van der Waals surface area contributed by atoms with E-state index in [1.165, 1.54) is 0 Å². The van der Waals surface area contributed by atoms with E-state index in [1.807, 2.05) is 31.2 Å². The third-order valence-corrected chi connectivity index (χ3v) is 1.98. The molecule has 1 aliphatic rings. The van der Waals surface area contributed by atoms with Crippen LogP contribution in [0.1, 0.15) is 22.3 Å². The number of allylic oxidation sites excluding steroid dienone is 4. The Balaban J connectivity index is -0.000000113. The van der Waals surface area contributed by atoms with E-state index >= 15 is 0 Å². The van der Waals surface area contributed by atoms with Crippen LogP contribution in [0.15, 0.2) is 42.5 Å². The van der Waals surface area contributed by atoms with Gasteiger partial charge in [-0.2, -0.15) is 6.08 Å². The van der Waals surface area contributed by atoms with Crippen molar-refractivity contribution in [3.63, 3.8) is 0 Å². The number of hydrogen-bond donors (Lipinski definition) is 0. The maximum absolute atomic E-state index is 10.5. The van der Waals surface area contributed by atoms with E-state index in [0.29, 0.717) is 5.56 Å². The summed E-state index contributed by atoms with van der Waals surface area (Å²) < 4.78 is 0. The fourth-order valence-electron chi connectivity index (χ4n) is 1.17. The van der Waals surface area contributed by atoms with Gasteiger partial charge in [0.25, 0.3) is 0 Å². The van der Waals surface area contributed by atoms with Gasteiger partial charge in [0, 0.05) is 15.1 Å². The van der Waals surface area contributed by atoms with Crippen LogP contribution in [0.5, 0.6) is 0 Å². The summed E-state index contributed by atoms with van der Waals surface area (Å²) >= 11 is 0. The second kappa shape index (κ2) is 19.8. The summed E-state index contributed by atoms with van der Waals surface area (Å²) in [7, 11) is 1.08. The van der Waals surface area contributed by atoms with Gasteiger partial charge in [0.2, 0.25) is 0 Å². The Morgan fingerprint density at radius 2 is 1.76 bits per heavy atom. The molecule has 6 heteroatoms. The number of carbonyl (C=O) groups is 1. The predicted molar refractivity (Wildman–Crippen MR) is 78.9 cm³/mol. The molecule has 0 aromatic heterocycles. The number of nitrogens with one attached hydrogen (secondary N) is 1. The minimum absolute atomic E-state index is 0. The van der Waals surface area contributed by atoms with Gasteiger partial charge < -0.3 is 35.3 Å². The third kappa shape index (κ3) is 16.0. The van der Waals surface area contributed by atoms with E-state index in [1.54, 1.807) is 12.1 Å². The van der Waals surface area contributed by atoms with Crippen LogP contribution in [0.25, 0.3) is 5.73 Å². The number of rotatable bonds is 1. The normalized spacial score (nSPS) is 9.48. The van der Waals surface area contributed by atoms with E-state index in [9.17, 15) is 4.79 Å². The van der Waals surface area contributed by atoms with Crippen molar-refractivity contribution in [3.8, 4) is 0 Å². The molecule has 2 nitrogen and oxygen atoms in total. The van der Waals surface area contributed by atoms with Gasteiger partial charge in [-0.3, -0.25) is 6.08 Å². The molecule has 21 heavy (non-hydrogen) atoms. The Morgan fingerprint density at radius 1 is 1.24 bits per heavy atom. The topological polar surface area (TPSA) is 40.9 Å². The zero-order valence-corrected chi connectivity index (χ0v) is 18.5. The van der Waals surface area contributed by atoms with Crippen molar-refractivity contribution >= 4 is 15.4 Å². The van der Waals surface area contributed by atoms with Gasteiger partial charge in [-0.1, -0.05) is 37.4 Å². The average Bonchev–Trinajstić information content (AvgIpc) is 2.89. The van der Waals surface area contributed by atoms with Gasteiger partial charge in [0.05, 0.1) is 5.91 Å². The number of aryl methyl sites for hydroxylation is 1. The molecule has 1 aromatic rings. The van der Waals surface area contributed by atoms with Crippen LogP contribution in [0, 0.1) is 13.0 Å². The molecule has 0 heterocycles. The smallest absolute Gasteiger partial charge is 1.00 e. The number of halogens is 2. The maximum atomic E-state index is 10.5. The molecule has 1 aromatic carbocycles. The largest absolute Gasteiger partial charge is 4.00 e. The number of benzene rings is 1. The molecule has 0 saturated heterocycles. The fourth-order valence-corrected chi connectivity index (χ4v) is 1.17. The Bertz CT molecular complexity index is 416. The van der Waals surface area contributed by atoms with Crippen molar-refractivity contribution in [3.05, 3.63) is 65.4 Å². The molecule has 0 aliphatic heterocycles. The van der Waals surface area contributed by atoms with Crippen molar-refractivity contribution in [2.24, 2.45) is 0 Å². The minimum Gasteiger partial charge on any atom is -1.00 e. The molecular formula is C15H19Cl2HfNOSi. The average molecular weight is 507 g/mol. The first-order chi connectivity index (χ1) is 8.63. The van der Waals surface area contributed by atoms with Gasteiger partial charge in [-0.25, -0.2) is 12.2 Å². The summed E-state index contributed by atoms with van der Waals surface area (Å²) in [6, 6.07) is 7.09. The van der Waals surface area contributed by atoms with Crippen molar-refractivity contribution in [2.75, 3.05) is 0 Å². The van der Waals surface area contributed by atoms with Crippen LogP contribution < -0.4 is 24.8 Å². The molecule has 0 saturated carbocycles. The minimum atomic E-state index is -0.613. The molecule has 0 spiro atoms. The maximum Gasteiger partial charge on any atom is 4.00 e. The van der Waals surface area contributed by atoms with Gasteiger partial charge in [-0.05, 0) is 12.5 Å². The fraction of sp³-hybridized carbons (Fsp3) is 0.267. The van der Waals surface area contributed by atoms with Gasteiger partial charge >= 0.3 is 25.8 Å². The molecular weight excluding hydrogens is 488 g/mol. The van der Waals surface area contributed by atoms with Crippen molar-refractivity contribution in [2.45, 2.75) is 26.4 Å². The van der Waals surface area contributed by atoms with Crippen LogP contribution in [0.2, 0.25) is 13.1 Å². The van der Waals surface area contributed by atoms with E-state index in [2.05, 4.69) is 25.2 Å². The summed E-state index contributed by atoms with van der Waals surface area (Å²) in [4.78, 5) is 10.5. The predicted octanol–water partition coefficient (Wildman–Crippen LogP) is -1.71. The van der Waals surface area contributed by atoms with E-state index < -0.39 is 5.91 Å². The number of amides is 1. The van der Waals surface area contributed by atoms with Crippen molar-refractivity contribution < 1.29 is 55.5 Å². The molecule has 0 fully saturated rings. The Morgan fingerprint density at radius 3 is 2.00 bits per heavy atom. The molecule has 1 aliphatic carbocycles. The molecule has 2 radical (unpaired) electrons. The second-order valence-corrected chi connectivity index (χ2v) is 4.65. The first-order valence-corrected chi connectivity index (χ1v) is 7.75. The monoisotopic (exact) mass is 507 g/mol. The molecule has 2 rings (SSSR count). The molecule has 0 bridgehead atoms. The van der Waals surface area contributed by atoms with Crippen LogP contribution >= 0.6 is 0 Å². The van der Waals surface area contributed by atoms with E-state index in [0.717, 1.165) is 21.5 Å². The number of carbonyl (C=O) groups excluding carboxylic acids is 1. The van der Waals surface area contributed by atoms with E-state index in [4.69, 9.17) is 5.73 Å². The quantitative estimate of drug-likeness (QED) is 0.330. The standard InChI is InChI=1S/C8H9NO.C5H5.C2H6Si.2ClH.Hf/c1-6-4-2-3-5-7(6)8(9)10;1-2-4-5-3-1;1-3-2;;;/h2-5H,1H3,(H2,9,10);1-3H,4H2;1-2H3;2*1H;/q;-1;;;;+4/p-3. The Labute approximate surface area is 162 Å². The van der Waals surface area contributed by atoms with Gasteiger partial charge in [-0.15, -0.1) is 6.42 Å². The Kier molecular flexibility index (Phi) is 27.3. The summed E-state index contributed by atoms with van der Waals surface area (Å²) in [6.07, 6.45) is 10.0. The summed E-state index contributed by atoms with van der Waals surface area (Å²) in [6.45, 7) is 6.13. The Hall–Kier alpha value is -0.163. The second-order valence-electron chi connectivity index (χ2n) is 3.65. The first kappa shape index (κ1) is 28.9. The summed E-state index contributed by atoms with van der Waals surface area (Å²) in [5.41, 5.74) is 8.17. The van der Waals surface area contributed by atoms with Crippen molar-refractivity contribution in [1.29, 1.82) is 0 Å². The first-order valence-electron chi connectivity index (χ1n) is 5.75. The number of hydrogen-bond acceptors (Lipinski definition) is 1. The van der Waals surface area contributed by atoms with Crippen LogP contribution in [0.3, 0.4) is 0 Å². The molecule has 0 atom stereocenters. The molecule has 1 amide bonds. The zero-order valence-electron chi connectivity index (χ0n) is 12.4. The molecule has 112 valence electrons. The summed E-state index contributed by atoms with van der Waals surface area (Å²) in [5, 5.41) is 0. The van der Waals surface area contributed by atoms with Crippen LogP contribution in [-0.4, -0.2) is 15.4 Å². The summed E-state index contributed by atoms with van der Waals surface area (Å²) in [5.74, 6) is -0.613.